The summed E-state index contributed by atoms with van der Waals surface area (Å²) in [5.74, 6) is -0.515. The average Bonchev–Trinajstić information content (AvgIpc) is 2.81. The summed E-state index contributed by atoms with van der Waals surface area (Å²) in [6.07, 6.45) is 6.53. The van der Waals surface area contributed by atoms with Crippen LogP contribution in [0.15, 0.2) is 30.4 Å². The number of nitrogens with one attached hydrogen (secondary N) is 1. The highest BCUT2D eigenvalue weighted by molar-refractivity contribution is 6.34. The number of carbonyl (C=O) groups excluding carboxylic acids is 2. The van der Waals surface area contributed by atoms with Crippen molar-refractivity contribution >= 4 is 29.1 Å². The van der Waals surface area contributed by atoms with Gasteiger partial charge in [-0.1, -0.05) is 29.8 Å². The summed E-state index contributed by atoms with van der Waals surface area (Å²) >= 11 is 5.91. The largest absolute Gasteiger partial charge is 0.365 e. The maximum absolute atomic E-state index is 11.9. The highest BCUT2D eigenvalue weighted by atomic mass is 35.5. The highest BCUT2D eigenvalue weighted by Gasteiger charge is 2.17. The van der Waals surface area contributed by atoms with Gasteiger partial charge in [0.15, 0.2) is 0 Å². The number of hydrogen-bond donors (Lipinski definition) is 2. The minimum absolute atomic E-state index is 0.138. The smallest absolute Gasteiger partial charge is 0.252 e. The van der Waals surface area contributed by atoms with Gasteiger partial charge in [-0.2, -0.15) is 0 Å². The van der Waals surface area contributed by atoms with E-state index in [1.165, 1.54) is 0 Å². The highest BCUT2D eigenvalue weighted by Crippen LogP contribution is 2.25. The molecule has 0 fully saturated rings. The summed E-state index contributed by atoms with van der Waals surface area (Å²) in [5.41, 5.74) is 5.79. The molecule has 0 unspecified atom stereocenters. The zero-order chi connectivity index (χ0) is 13.8. The summed E-state index contributed by atoms with van der Waals surface area (Å²) in [6, 6.07) is 4.85. The molecule has 1 aromatic carbocycles. The Bertz CT molecular complexity index is 540. The van der Waals surface area contributed by atoms with Gasteiger partial charge >= 0.3 is 0 Å². The first kappa shape index (κ1) is 13.6. The summed E-state index contributed by atoms with van der Waals surface area (Å²) in [7, 11) is 0. The molecule has 1 aliphatic rings. The molecule has 1 atom stereocenters. The molecule has 1 aromatic rings. The Labute approximate surface area is 116 Å². The van der Waals surface area contributed by atoms with Crippen LogP contribution in [0.4, 0.5) is 5.69 Å². The first-order valence-corrected chi connectivity index (χ1v) is 6.50. The van der Waals surface area contributed by atoms with E-state index in [9.17, 15) is 9.59 Å². The minimum atomic E-state index is -0.651. The van der Waals surface area contributed by atoms with Gasteiger partial charge in [0.1, 0.15) is 0 Å². The van der Waals surface area contributed by atoms with E-state index in [-0.39, 0.29) is 22.4 Å². The van der Waals surface area contributed by atoms with Crippen LogP contribution >= 0.6 is 11.6 Å². The lowest BCUT2D eigenvalue weighted by Crippen LogP contribution is -2.19. The summed E-state index contributed by atoms with van der Waals surface area (Å²) in [6.45, 7) is 0. The number of rotatable bonds is 4. The number of allylic oxidation sites excluding steroid dienone is 2. The molecule has 0 saturated carbocycles. The fourth-order valence-corrected chi connectivity index (χ4v) is 2.45. The van der Waals surface area contributed by atoms with E-state index in [0.29, 0.717) is 12.1 Å². The minimum Gasteiger partial charge on any atom is -0.365 e. The number of halogens is 1. The zero-order valence-electron chi connectivity index (χ0n) is 10.4. The Kier molecular flexibility index (Phi) is 4.22. The Balaban J connectivity index is 2.10. The van der Waals surface area contributed by atoms with Crippen molar-refractivity contribution in [1.29, 1.82) is 0 Å². The van der Waals surface area contributed by atoms with Crippen molar-refractivity contribution in [3.05, 3.63) is 40.9 Å². The lowest BCUT2D eigenvalue weighted by molar-refractivity contribution is -0.116. The standard InChI is InChI=1S/C14H15ClN2O2/c15-10-6-3-7-11(13(10)14(16)19)17-12(18)8-9-4-1-2-5-9/h1,3-4,6-7,9H,2,5,8H2,(H2,16,19)(H,17,18)/t9-/m1/s1. The summed E-state index contributed by atoms with van der Waals surface area (Å²) < 4.78 is 0. The molecular formula is C14H15ClN2O2. The molecule has 0 aliphatic heterocycles. The van der Waals surface area contributed by atoms with E-state index in [2.05, 4.69) is 11.4 Å². The topological polar surface area (TPSA) is 72.2 Å². The molecule has 0 bridgehead atoms. The molecular weight excluding hydrogens is 264 g/mol. The number of primary amides is 1. The SMILES string of the molecule is NC(=O)c1c(Cl)cccc1NC(=O)C[C@@H]1C=CCC1. The normalized spacial score (nSPS) is 17.4. The van der Waals surface area contributed by atoms with Crippen LogP contribution in [0, 0.1) is 5.92 Å². The Morgan fingerprint density at radius 1 is 1.42 bits per heavy atom. The number of hydrogen-bond acceptors (Lipinski definition) is 2. The second-order valence-corrected chi connectivity index (χ2v) is 4.95. The van der Waals surface area contributed by atoms with Gasteiger partial charge in [-0.05, 0) is 30.9 Å². The van der Waals surface area contributed by atoms with Crippen molar-refractivity contribution in [2.75, 3.05) is 5.32 Å². The van der Waals surface area contributed by atoms with Crippen LogP contribution < -0.4 is 11.1 Å². The monoisotopic (exact) mass is 278 g/mol. The third-order valence-electron chi connectivity index (χ3n) is 3.09. The maximum Gasteiger partial charge on any atom is 0.252 e. The fraction of sp³-hybridized carbons (Fsp3) is 0.286. The molecule has 0 radical (unpaired) electrons. The van der Waals surface area contributed by atoms with Gasteiger partial charge in [-0.25, -0.2) is 0 Å². The van der Waals surface area contributed by atoms with Gasteiger partial charge in [0, 0.05) is 6.42 Å². The molecule has 0 saturated heterocycles. The van der Waals surface area contributed by atoms with Crippen LogP contribution in [-0.2, 0) is 4.79 Å². The molecule has 100 valence electrons. The first-order valence-electron chi connectivity index (χ1n) is 6.12. The average molecular weight is 279 g/mol. The van der Waals surface area contributed by atoms with Crippen molar-refractivity contribution in [3.8, 4) is 0 Å². The predicted octanol–water partition coefficient (Wildman–Crippen LogP) is 2.73. The van der Waals surface area contributed by atoms with E-state index >= 15 is 0 Å². The van der Waals surface area contributed by atoms with Crippen LogP contribution in [0.25, 0.3) is 0 Å². The van der Waals surface area contributed by atoms with Crippen molar-refractivity contribution in [3.63, 3.8) is 0 Å². The Morgan fingerprint density at radius 2 is 2.21 bits per heavy atom. The van der Waals surface area contributed by atoms with Crippen molar-refractivity contribution in [1.82, 2.24) is 0 Å². The van der Waals surface area contributed by atoms with Gasteiger partial charge in [-0.15, -0.1) is 0 Å². The second kappa shape index (κ2) is 5.89. The molecule has 2 amide bonds. The summed E-state index contributed by atoms with van der Waals surface area (Å²) in [4.78, 5) is 23.3. The lowest BCUT2D eigenvalue weighted by atomic mass is 10.0. The number of nitrogens with two attached hydrogens (primary N) is 1. The second-order valence-electron chi connectivity index (χ2n) is 4.54. The van der Waals surface area contributed by atoms with E-state index in [1.807, 2.05) is 6.08 Å². The molecule has 0 aromatic heterocycles. The van der Waals surface area contributed by atoms with Gasteiger partial charge in [0.05, 0.1) is 16.3 Å². The molecule has 3 N–H and O–H groups in total. The van der Waals surface area contributed by atoms with Crippen molar-refractivity contribution < 1.29 is 9.59 Å². The van der Waals surface area contributed by atoms with E-state index in [4.69, 9.17) is 17.3 Å². The van der Waals surface area contributed by atoms with Crippen LogP contribution in [0.5, 0.6) is 0 Å². The van der Waals surface area contributed by atoms with Crippen LogP contribution in [-0.4, -0.2) is 11.8 Å². The molecule has 19 heavy (non-hydrogen) atoms. The molecule has 2 rings (SSSR count). The number of carbonyl (C=O) groups is 2. The molecule has 0 heterocycles. The van der Waals surface area contributed by atoms with Gasteiger partial charge < -0.3 is 11.1 Å². The van der Waals surface area contributed by atoms with Gasteiger partial charge in [0.25, 0.3) is 5.91 Å². The lowest BCUT2D eigenvalue weighted by Gasteiger charge is -2.12. The molecule has 0 spiro atoms. The van der Waals surface area contributed by atoms with Gasteiger partial charge in [0.2, 0.25) is 5.91 Å². The van der Waals surface area contributed by atoms with E-state index in [1.54, 1.807) is 18.2 Å². The number of amides is 2. The summed E-state index contributed by atoms with van der Waals surface area (Å²) in [5, 5.41) is 2.94. The van der Waals surface area contributed by atoms with Gasteiger partial charge in [-0.3, -0.25) is 9.59 Å². The fourth-order valence-electron chi connectivity index (χ4n) is 2.18. The molecule has 5 heteroatoms. The van der Waals surface area contributed by atoms with Crippen molar-refractivity contribution in [2.45, 2.75) is 19.3 Å². The number of anilines is 1. The van der Waals surface area contributed by atoms with E-state index < -0.39 is 5.91 Å². The van der Waals surface area contributed by atoms with Crippen LogP contribution in [0.1, 0.15) is 29.6 Å². The first-order chi connectivity index (χ1) is 9.08. The van der Waals surface area contributed by atoms with E-state index in [0.717, 1.165) is 12.8 Å². The van der Waals surface area contributed by atoms with Crippen LogP contribution in [0.2, 0.25) is 5.02 Å². The van der Waals surface area contributed by atoms with Crippen molar-refractivity contribution in [2.24, 2.45) is 11.7 Å². The molecule has 4 nitrogen and oxygen atoms in total. The zero-order valence-corrected chi connectivity index (χ0v) is 11.1. The maximum atomic E-state index is 11.9. The quantitative estimate of drug-likeness (QED) is 0.831. The third kappa shape index (κ3) is 3.35. The molecule has 1 aliphatic carbocycles. The van der Waals surface area contributed by atoms with Crippen LogP contribution in [0.3, 0.4) is 0 Å². The predicted molar refractivity (Wildman–Crippen MR) is 75.1 cm³/mol. The Hall–Kier alpha value is -1.81. The third-order valence-corrected chi connectivity index (χ3v) is 3.41. The Morgan fingerprint density at radius 3 is 2.84 bits per heavy atom. The number of benzene rings is 1.